The highest BCUT2D eigenvalue weighted by molar-refractivity contribution is 5.78. The number of amides is 1. The number of aromatic nitrogens is 2. The van der Waals surface area contributed by atoms with E-state index in [0.717, 1.165) is 23.4 Å². The predicted octanol–water partition coefficient (Wildman–Crippen LogP) is 2.96. The van der Waals surface area contributed by atoms with Crippen LogP contribution >= 0.6 is 0 Å². The average molecular weight is 273 g/mol. The van der Waals surface area contributed by atoms with Crippen LogP contribution in [0.1, 0.15) is 33.5 Å². The van der Waals surface area contributed by atoms with Crippen molar-refractivity contribution >= 4 is 16.9 Å². The molecule has 20 heavy (non-hydrogen) atoms. The molecule has 2 aromatic rings. The molecule has 1 amide bonds. The second-order valence-corrected chi connectivity index (χ2v) is 5.89. The van der Waals surface area contributed by atoms with Gasteiger partial charge >= 0.3 is 0 Å². The molecule has 4 nitrogen and oxygen atoms in total. The fourth-order valence-corrected chi connectivity index (χ4v) is 2.20. The van der Waals surface area contributed by atoms with Crippen molar-refractivity contribution in [2.24, 2.45) is 11.8 Å². The Hall–Kier alpha value is -1.84. The largest absolute Gasteiger partial charge is 0.349 e. The number of hydrogen-bond acceptors (Lipinski definition) is 2. The lowest BCUT2D eigenvalue weighted by Gasteiger charge is -2.13. The normalized spacial score (nSPS) is 11.5. The minimum atomic E-state index is -0.00192. The molecule has 0 radical (unpaired) electrons. The molecule has 4 heteroatoms. The standard InChI is InChI=1S/C16H23N3O/c1-11(2)10-19-14-8-6-5-7-13(14)18-15(19)9-17-16(20)12(3)4/h5-8,11-12H,9-10H2,1-4H3,(H,17,20). The molecule has 108 valence electrons. The van der Waals surface area contributed by atoms with Crippen molar-refractivity contribution in [2.45, 2.75) is 40.8 Å². The van der Waals surface area contributed by atoms with Gasteiger partial charge in [-0.05, 0) is 18.1 Å². The number of hydrogen-bond donors (Lipinski definition) is 1. The Morgan fingerprint density at radius 3 is 2.60 bits per heavy atom. The lowest BCUT2D eigenvalue weighted by atomic mass is 10.2. The molecule has 0 fully saturated rings. The summed E-state index contributed by atoms with van der Waals surface area (Å²) in [6, 6.07) is 8.11. The Labute approximate surface area is 120 Å². The number of fused-ring (bicyclic) bond motifs is 1. The predicted molar refractivity (Wildman–Crippen MR) is 81.3 cm³/mol. The molecule has 0 spiro atoms. The molecular formula is C16H23N3O. The Kier molecular flexibility index (Phi) is 4.42. The second-order valence-electron chi connectivity index (χ2n) is 5.89. The van der Waals surface area contributed by atoms with Crippen LogP contribution in [0.15, 0.2) is 24.3 Å². The van der Waals surface area contributed by atoms with Gasteiger partial charge in [0.2, 0.25) is 5.91 Å². The van der Waals surface area contributed by atoms with Gasteiger partial charge in [0.25, 0.3) is 0 Å². The number of benzene rings is 1. The van der Waals surface area contributed by atoms with Gasteiger partial charge in [-0.1, -0.05) is 39.8 Å². The van der Waals surface area contributed by atoms with Crippen LogP contribution in [0.5, 0.6) is 0 Å². The van der Waals surface area contributed by atoms with E-state index in [1.165, 1.54) is 0 Å². The highest BCUT2D eigenvalue weighted by atomic mass is 16.1. The zero-order valence-corrected chi connectivity index (χ0v) is 12.7. The quantitative estimate of drug-likeness (QED) is 0.910. The van der Waals surface area contributed by atoms with Crippen LogP contribution < -0.4 is 5.32 Å². The van der Waals surface area contributed by atoms with Gasteiger partial charge in [-0.3, -0.25) is 4.79 Å². The molecule has 0 aliphatic rings. The molecule has 1 N–H and O–H groups in total. The number of carbonyl (C=O) groups excluding carboxylic acids is 1. The van der Waals surface area contributed by atoms with Gasteiger partial charge in [-0.2, -0.15) is 0 Å². The van der Waals surface area contributed by atoms with E-state index < -0.39 is 0 Å². The van der Waals surface area contributed by atoms with Crippen molar-refractivity contribution in [2.75, 3.05) is 0 Å². The lowest BCUT2D eigenvalue weighted by molar-refractivity contribution is -0.124. The van der Waals surface area contributed by atoms with Crippen LogP contribution in [0.2, 0.25) is 0 Å². The highest BCUT2D eigenvalue weighted by Crippen LogP contribution is 2.17. The van der Waals surface area contributed by atoms with E-state index in [-0.39, 0.29) is 11.8 Å². The Balaban J connectivity index is 2.29. The summed E-state index contributed by atoms with van der Waals surface area (Å²) in [7, 11) is 0. The van der Waals surface area contributed by atoms with Crippen molar-refractivity contribution in [1.29, 1.82) is 0 Å². The number of rotatable bonds is 5. The van der Waals surface area contributed by atoms with Crippen molar-refractivity contribution in [3.63, 3.8) is 0 Å². The summed E-state index contributed by atoms with van der Waals surface area (Å²) in [5, 5.41) is 2.95. The maximum absolute atomic E-state index is 11.7. The van der Waals surface area contributed by atoms with Gasteiger partial charge in [0.15, 0.2) is 0 Å². The summed E-state index contributed by atoms with van der Waals surface area (Å²) >= 11 is 0. The molecule has 1 aromatic carbocycles. The first-order valence-corrected chi connectivity index (χ1v) is 7.21. The topological polar surface area (TPSA) is 46.9 Å². The van der Waals surface area contributed by atoms with Crippen molar-refractivity contribution < 1.29 is 4.79 Å². The summed E-state index contributed by atoms with van der Waals surface area (Å²) < 4.78 is 2.21. The first-order valence-electron chi connectivity index (χ1n) is 7.21. The molecule has 1 aromatic heterocycles. The molecule has 0 saturated heterocycles. The van der Waals surface area contributed by atoms with Gasteiger partial charge < -0.3 is 9.88 Å². The molecule has 0 unspecified atom stereocenters. The van der Waals surface area contributed by atoms with Crippen molar-refractivity contribution in [1.82, 2.24) is 14.9 Å². The summed E-state index contributed by atoms with van der Waals surface area (Å²) in [4.78, 5) is 16.4. The van der Waals surface area contributed by atoms with Crippen LogP contribution in [-0.2, 0) is 17.9 Å². The maximum Gasteiger partial charge on any atom is 0.222 e. The smallest absolute Gasteiger partial charge is 0.222 e. The van der Waals surface area contributed by atoms with Crippen LogP contribution in [0, 0.1) is 11.8 Å². The monoisotopic (exact) mass is 273 g/mol. The summed E-state index contributed by atoms with van der Waals surface area (Å²) in [6.07, 6.45) is 0. The molecule has 0 saturated carbocycles. The molecule has 0 atom stereocenters. The zero-order valence-electron chi connectivity index (χ0n) is 12.7. The van der Waals surface area contributed by atoms with Gasteiger partial charge in [0.1, 0.15) is 5.82 Å². The van der Waals surface area contributed by atoms with Gasteiger partial charge in [0, 0.05) is 12.5 Å². The van der Waals surface area contributed by atoms with Gasteiger partial charge in [-0.25, -0.2) is 4.98 Å². The maximum atomic E-state index is 11.7. The zero-order chi connectivity index (χ0) is 14.7. The van der Waals surface area contributed by atoms with E-state index in [2.05, 4.69) is 34.8 Å². The van der Waals surface area contributed by atoms with E-state index in [9.17, 15) is 4.79 Å². The van der Waals surface area contributed by atoms with Gasteiger partial charge in [-0.15, -0.1) is 0 Å². The molecular weight excluding hydrogens is 250 g/mol. The van der Waals surface area contributed by atoms with Crippen LogP contribution in [0.25, 0.3) is 11.0 Å². The third-order valence-electron chi connectivity index (χ3n) is 3.23. The summed E-state index contributed by atoms with van der Waals surface area (Å²) in [5.74, 6) is 1.52. The van der Waals surface area contributed by atoms with Crippen LogP contribution in [-0.4, -0.2) is 15.5 Å². The number of nitrogens with zero attached hydrogens (tertiary/aromatic N) is 2. The molecule has 0 bridgehead atoms. The van der Waals surface area contributed by atoms with Crippen molar-refractivity contribution in [3.05, 3.63) is 30.1 Å². The minimum absolute atomic E-state index is 0.00192. The van der Waals surface area contributed by atoms with E-state index in [4.69, 9.17) is 0 Å². The molecule has 0 aliphatic heterocycles. The van der Waals surface area contributed by atoms with Gasteiger partial charge in [0.05, 0.1) is 17.6 Å². The van der Waals surface area contributed by atoms with E-state index >= 15 is 0 Å². The first kappa shape index (κ1) is 14.6. The van der Waals surface area contributed by atoms with E-state index in [0.29, 0.717) is 12.5 Å². The van der Waals surface area contributed by atoms with Crippen LogP contribution in [0.3, 0.4) is 0 Å². The Morgan fingerprint density at radius 2 is 1.95 bits per heavy atom. The molecule has 1 heterocycles. The van der Waals surface area contributed by atoms with Crippen LogP contribution in [0.4, 0.5) is 0 Å². The summed E-state index contributed by atoms with van der Waals surface area (Å²) in [6.45, 7) is 9.56. The second kappa shape index (κ2) is 6.07. The highest BCUT2D eigenvalue weighted by Gasteiger charge is 2.13. The lowest BCUT2D eigenvalue weighted by Crippen LogP contribution is -2.28. The molecule has 2 rings (SSSR count). The first-order chi connectivity index (χ1) is 9.49. The fourth-order valence-electron chi connectivity index (χ4n) is 2.20. The van der Waals surface area contributed by atoms with E-state index in [1.54, 1.807) is 0 Å². The van der Waals surface area contributed by atoms with Crippen molar-refractivity contribution in [3.8, 4) is 0 Å². The number of carbonyl (C=O) groups is 1. The number of para-hydroxylation sites is 2. The minimum Gasteiger partial charge on any atom is -0.349 e. The SMILES string of the molecule is CC(C)Cn1c(CNC(=O)C(C)C)nc2ccccc21. The molecule has 0 aliphatic carbocycles. The third kappa shape index (κ3) is 3.18. The fraction of sp³-hybridized carbons (Fsp3) is 0.500. The summed E-state index contributed by atoms with van der Waals surface area (Å²) in [5.41, 5.74) is 2.12. The van der Waals surface area contributed by atoms with E-state index in [1.807, 2.05) is 32.0 Å². The Morgan fingerprint density at radius 1 is 1.25 bits per heavy atom. The Bertz CT molecular complexity index is 599. The number of nitrogens with one attached hydrogen (secondary N) is 1. The number of imidazole rings is 1. The average Bonchev–Trinajstić information content (AvgIpc) is 2.73. The third-order valence-corrected chi connectivity index (χ3v) is 3.23.